The predicted octanol–water partition coefficient (Wildman–Crippen LogP) is 1.76. The monoisotopic (exact) mass is 506 g/mol. The standard InChI is InChI=1S/C17H26N6O2S.HI/c1-4-19-17(22-14(2)7-10-26(3,24)25)21-12-15-5-6-16(20-11-15)23-9-8-18-13-23;/h5-6,8-9,11,13-14H,4,7,10,12H2,1-3H3,(H2,19,21,22);1H. The van der Waals surface area contributed by atoms with Crippen LogP contribution >= 0.6 is 24.0 Å². The molecular formula is C17H27IN6O2S. The van der Waals surface area contributed by atoms with Gasteiger partial charge >= 0.3 is 0 Å². The molecule has 2 heterocycles. The zero-order chi connectivity index (χ0) is 19.0. The fraction of sp³-hybridized carbons (Fsp3) is 0.471. The van der Waals surface area contributed by atoms with E-state index in [4.69, 9.17) is 0 Å². The molecule has 1 atom stereocenters. The van der Waals surface area contributed by atoms with Crippen LogP contribution in [0.3, 0.4) is 0 Å². The fourth-order valence-corrected chi connectivity index (χ4v) is 3.03. The predicted molar refractivity (Wildman–Crippen MR) is 119 cm³/mol. The second-order valence-electron chi connectivity index (χ2n) is 6.15. The summed E-state index contributed by atoms with van der Waals surface area (Å²) in [5.74, 6) is 1.61. The van der Waals surface area contributed by atoms with Gasteiger partial charge in [-0.15, -0.1) is 24.0 Å². The van der Waals surface area contributed by atoms with Crippen molar-refractivity contribution < 1.29 is 8.42 Å². The Morgan fingerprint density at radius 3 is 2.70 bits per heavy atom. The van der Waals surface area contributed by atoms with E-state index in [1.165, 1.54) is 6.26 Å². The van der Waals surface area contributed by atoms with E-state index in [9.17, 15) is 8.42 Å². The highest BCUT2D eigenvalue weighted by Crippen LogP contribution is 2.06. The van der Waals surface area contributed by atoms with Crippen molar-refractivity contribution in [1.82, 2.24) is 25.2 Å². The lowest BCUT2D eigenvalue weighted by Gasteiger charge is -2.17. The molecule has 150 valence electrons. The van der Waals surface area contributed by atoms with Gasteiger partial charge in [-0.3, -0.25) is 4.57 Å². The molecule has 2 aromatic rings. The molecule has 0 spiro atoms. The van der Waals surface area contributed by atoms with E-state index in [0.29, 0.717) is 18.9 Å². The number of rotatable bonds is 8. The summed E-state index contributed by atoms with van der Waals surface area (Å²) in [7, 11) is -2.96. The Morgan fingerprint density at radius 2 is 2.15 bits per heavy atom. The summed E-state index contributed by atoms with van der Waals surface area (Å²) >= 11 is 0. The van der Waals surface area contributed by atoms with Gasteiger partial charge in [0.1, 0.15) is 22.0 Å². The lowest BCUT2D eigenvalue weighted by atomic mass is 10.2. The highest BCUT2D eigenvalue weighted by Gasteiger charge is 2.09. The second kappa shape index (κ2) is 11.2. The van der Waals surface area contributed by atoms with Crippen molar-refractivity contribution in [3.05, 3.63) is 42.6 Å². The molecule has 0 bridgehead atoms. The van der Waals surface area contributed by atoms with Crippen molar-refractivity contribution in [1.29, 1.82) is 0 Å². The number of guanidine groups is 1. The smallest absolute Gasteiger partial charge is 0.191 e. The maximum absolute atomic E-state index is 11.3. The van der Waals surface area contributed by atoms with E-state index in [0.717, 1.165) is 17.9 Å². The minimum Gasteiger partial charge on any atom is -0.357 e. The number of hydrogen-bond donors (Lipinski definition) is 2. The molecule has 0 amide bonds. The number of pyridine rings is 1. The number of hydrogen-bond acceptors (Lipinski definition) is 5. The molecular weight excluding hydrogens is 479 g/mol. The van der Waals surface area contributed by atoms with E-state index < -0.39 is 9.84 Å². The number of aliphatic imine (C=N–C) groups is 1. The van der Waals surface area contributed by atoms with Gasteiger partial charge in [0, 0.05) is 37.4 Å². The molecule has 1 unspecified atom stereocenters. The molecule has 2 N–H and O–H groups in total. The van der Waals surface area contributed by atoms with Crippen LogP contribution in [0.15, 0.2) is 42.0 Å². The Kier molecular flexibility index (Phi) is 9.70. The molecule has 2 aromatic heterocycles. The minimum absolute atomic E-state index is 0. The molecule has 10 heteroatoms. The highest BCUT2D eigenvalue weighted by molar-refractivity contribution is 14.0. The van der Waals surface area contributed by atoms with Crippen LogP contribution in [0.4, 0.5) is 0 Å². The van der Waals surface area contributed by atoms with E-state index in [1.54, 1.807) is 18.7 Å². The summed E-state index contributed by atoms with van der Waals surface area (Å²) in [5.41, 5.74) is 0.981. The Balaban J connectivity index is 0.00000364. The number of nitrogens with zero attached hydrogens (tertiary/aromatic N) is 4. The molecule has 0 aliphatic rings. The third-order valence-corrected chi connectivity index (χ3v) is 4.62. The molecule has 0 saturated carbocycles. The number of nitrogens with one attached hydrogen (secondary N) is 2. The average Bonchev–Trinajstić information content (AvgIpc) is 3.12. The third-order valence-electron chi connectivity index (χ3n) is 3.65. The van der Waals surface area contributed by atoms with Crippen molar-refractivity contribution in [2.24, 2.45) is 4.99 Å². The summed E-state index contributed by atoms with van der Waals surface area (Å²) < 4.78 is 24.4. The van der Waals surface area contributed by atoms with E-state index in [2.05, 4.69) is 25.6 Å². The second-order valence-corrected chi connectivity index (χ2v) is 8.41. The van der Waals surface area contributed by atoms with Crippen LogP contribution in [0.5, 0.6) is 0 Å². The Bertz CT molecular complexity index is 806. The molecule has 0 aliphatic carbocycles. The van der Waals surface area contributed by atoms with Gasteiger partial charge in [0.15, 0.2) is 5.96 Å². The van der Waals surface area contributed by atoms with Gasteiger partial charge in [0.25, 0.3) is 0 Å². The van der Waals surface area contributed by atoms with Gasteiger partial charge in [-0.05, 0) is 31.9 Å². The van der Waals surface area contributed by atoms with Crippen LogP contribution in [-0.4, -0.2) is 53.5 Å². The lowest BCUT2D eigenvalue weighted by molar-refractivity contribution is 0.581. The van der Waals surface area contributed by atoms with Crippen molar-refractivity contribution in [2.75, 3.05) is 18.6 Å². The number of sulfone groups is 1. The van der Waals surface area contributed by atoms with Crippen LogP contribution < -0.4 is 10.6 Å². The molecule has 2 rings (SSSR count). The number of halogens is 1. The zero-order valence-corrected chi connectivity index (χ0v) is 18.9. The van der Waals surface area contributed by atoms with Gasteiger partial charge in [-0.1, -0.05) is 6.07 Å². The van der Waals surface area contributed by atoms with Crippen LogP contribution in [0.25, 0.3) is 5.82 Å². The number of imidazole rings is 1. The molecule has 0 saturated heterocycles. The quantitative estimate of drug-likeness (QED) is 0.322. The first-order valence-corrected chi connectivity index (χ1v) is 10.6. The topological polar surface area (TPSA) is 101 Å². The third kappa shape index (κ3) is 8.69. The van der Waals surface area contributed by atoms with Gasteiger partial charge < -0.3 is 10.6 Å². The van der Waals surface area contributed by atoms with Gasteiger partial charge in [-0.25, -0.2) is 23.4 Å². The molecule has 0 radical (unpaired) electrons. The summed E-state index contributed by atoms with van der Waals surface area (Å²) in [6.45, 7) is 5.13. The van der Waals surface area contributed by atoms with Gasteiger partial charge in [0.05, 0.1) is 12.3 Å². The maximum Gasteiger partial charge on any atom is 0.191 e. The fourth-order valence-electron chi connectivity index (χ4n) is 2.24. The molecule has 0 fully saturated rings. The first-order valence-electron chi connectivity index (χ1n) is 8.53. The van der Waals surface area contributed by atoms with Crippen molar-refractivity contribution >= 4 is 39.8 Å². The van der Waals surface area contributed by atoms with E-state index >= 15 is 0 Å². The van der Waals surface area contributed by atoms with Crippen molar-refractivity contribution in [3.8, 4) is 5.82 Å². The molecule has 0 aromatic carbocycles. The molecule has 0 aliphatic heterocycles. The molecule has 8 nitrogen and oxygen atoms in total. The van der Waals surface area contributed by atoms with Crippen LogP contribution in [-0.2, 0) is 16.4 Å². The average molecular weight is 506 g/mol. The Morgan fingerprint density at radius 1 is 1.37 bits per heavy atom. The van der Waals surface area contributed by atoms with Crippen LogP contribution in [0.1, 0.15) is 25.8 Å². The van der Waals surface area contributed by atoms with E-state index in [1.807, 2.05) is 36.7 Å². The minimum atomic E-state index is -2.96. The summed E-state index contributed by atoms with van der Waals surface area (Å²) in [5, 5.41) is 6.41. The zero-order valence-electron chi connectivity index (χ0n) is 15.8. The SMILES string of the molecule is CCNC(=NCc1ccc(-n2ccnc2)nc1)NC(C)CCS(C)(=O)=O.I. The first kappa shape index (κ1) is 23.3. The summed E-state index contributed by atoms with van der Waals surface area (Å²) in [6.07, 6.45) is 8.81. The highest BCUT2D eigenvalue weighted by atomic mass is 127. The maximum atomic E-state index is 11.3. The largest absolute Gasteiger partial charge is 0.357 e. The lowest BCUT2D eigenvalue weighted by Crippen LogP contribution is -2.42. The normalized spacial score (nSPS) is 12.9. The van der Waals surface area contributed by atoms with Crippen molar-refractivity contribution in [2.45, 2.75) is 32.9 Å². The number of aromatic nitrogens is 3. The van der Waals surface area contributed by atoms with Gasteiger partial charge in [-0.2, -0.15) is 0 Å². The Labute approximate surface area is 177 Å². The Hall–Kier alpha value is -1.69. The summed E-state index contributed by atoms with van der Waals surface area (Å²) in [6, 6.07) is 3.90. The summed E-state index contributed by atoms with van der Waals surface area (Å²) in [4.78, 5) is 13.0. The van der Waals surface area contributed by atoms with Crippen LogP contribution in [0, 0.1) is 0 Å². The van der Waals surface area contributed by atoms with Gasteiger partial charge in [0.2, 0.25) is 0 Å². The van der Waals surface area contributed by atoms with E-state index in [-0.39, 0.29) is 35.8 Å². The van der Waals surface area contributed by atoms with Crippen molar-refractivity contribution in [3.63, 3.8) is 0 Å². The molecule has 27 heavy (non-hydrogen) atoms. The first-order chi connectivity index (χ1) is 12.4. The van der Waals surface area contributed by atoms with Crippen LogP contribution in [0.2, 0.25) is 0 Å².